The number of carbonyl (C=O) groups is 1. The lowest BCUT2D eigenvalue weighted by molar-refractivity contribution is -0.139. The summed E-state index contributed by atoms with van der Waals surface area (Å²) < 4.78 is 5.39. The number of hydrogen-bond acceptors (Lipinski definition) is 2. The minimum absolute atomic E-state index is 0.0596. The number of rotatable bonds is 18. The van der Waals surface area contributed by atoms with Crippen molar-refractivity contribution in [1.82, 2.24) is 0 Å². The summed E-state index contributed by atoms with van der Waals surface area (Å²) in [7, 11) is 0. The van der Waals surface area contributed by atoms with E-state index in [1.54, 1.807) is 0 Å². The maximum Gasteiger partial charge on any atom is 0.333 e. The lowest BCUT2D eigenvalue weighted by atomic mass is 10.00. The van der Waals surface area contributed by atoms with Crippen molar-refractivity contribution in [2.24, 2.45) is 0 Å². The zero-order chi connectivity index (χ0) is 19.4. The number of hydrogen-bond donors (Lipinski definition) is 0. The van der Waals surface area contributed by atoms with Crippen molar-refractivity contribution in [3.63, 3.8) is 0 Å². The summed E-state index contributed by atoms with van der Waals surface area (Å²) in [5, 5.41) is 0. The normalized spacial score (nSPS) is 14.2. The Morgan fingerprint density at radius 3 is 1.67 bits per heavy atom. The minimum Gasteiger partial charge on any atom is -0.462 e. The lowest BCUT2D eigenvalue weighted by Gasteiger charge is -2.11. The Hall–Kier alpha value is -0.790. The second-order valence-corrected chi connectivity index (χ2v) is 8.41. The quantitative estimate of drug-likeness (QED) is 0.177. The van der Waals surface area contributed by atoms with Gasteiger partial charge in [-0.25, -0.2) is 4.79 Å². The highest BCUT2D eigenvalue weighted by Gasteiger charge is 2.12. The van der Waals surface area contributed by atoms with E-state index >= 15 is 0 Å². The Labute approximate surface area is 169 Å². The maximum absolute atomic E-state index is 11.9. The lowest BCUT2D eigenvalue weighted by Crippen LogP contribution is -2.11. The van der Waals surface area contributed by atoms with E-state index in [0.717, 1.165) is 31.3 Å². The van der Waals surface area contributed by atoms with E-state index in [4.69, 9.17) is 4.74 Å². The summed E-state index contributed by atoms with van der Waals surface area (Å²) in [5.41, 5.74) is 0.915. The SMILES string of the molecule is CCCCCCCCCCCCCCCCCCOC(=O)C1=CCCCC1. The van der Waals surface area contributed by atoms with Gasteiger partial charge in [-0.3, -0.25) is 0 Å². The predicted octanol–water partition coefficient (Wildman–Crippen LogP) is 8.29. The molecule has 0 bridgehead atoms. The van der Waals surface area contributed by atoms with Crippen molar-refractivity contribution in [2.45, 2.75) is 135 Å². The summed E-state index contributed by atoms with van der Waals surface area (Å²) in [5.74, 6) is -0.0596. The van der Waals surface area contributed by atoms with Crippen LogP contribution < -0.4 is 0 Å². The van der Waals surface area contributed by atoms with Gasteiger partial charge < -0.3 is 4.74 Å². The molecule has 2 nitrogen and oxygen atoms in total. The molecule has 0 fully saturated rings. The van der Waals surface area contributed by atoms with Gasteiger partial charge >= 0.3 is 5.97 Å². The van der Waals surface area contributed by atoms with Gasteiger partial charge in [0.05, 0.1) is 6.61 Å². The third kappa shape index (κ3) is 14.9. The highest BCUT2D eigenvalue weighted by atomic mass is 16.5. The summed E-state index contributed by atoms with van der Waals surface area (Å²) in [4.78, 5) is 11.9. The zero-order valence-electron chi connectivity index (χ0n) is 18.2. The molecule has 0 amide bonds. The number of allylic oxidation sites excluding steroid dienone is 1. The Kier molecular flexibility index (Phi) is 16.7. The van der Waals surface area contributed by atoms with Crippen LogP contribution in [-0.4, -0.2) is 12.6 Å². The number of carbonyl (C=O) groups excluding carboxylic acids is 1. The highest BCUT2D eigenvalue weighted by molar-refractivity contribution is 5.88. The van der Waals surface area contributed by atoms with Crippen LogP contribution in [0.2, 0.25) is 0 Å². The average Bonchev–Trinajstić information content (AvgIpc) is 2.70. The number of unbranched alkanes of at least 4 members (excludes halogenated alkanes) is 15. The molecule has 0 unspecified atom stereocenters. The van der Waals surface area contributed by atoms with Crippen molar-refractivity contribution in [2.75, 3.05) is 6.61 Å². The van der Waals surface area contributed by atoms with Crippen LogP contribution >= 0.6 is 0 Å². The largest absolute Gasteiger partial charge is 0.462 e. The Morgan fingerprint density at radius 1 is 0.741 bits per heavy atom. The number of esters is 1. The third-order valence-electron chi connectivity index (χ3n) is 5.78. The van der Waals surface area contributed by atoms with E-state index in [1.165, 1.54) is 103 Å². The van der Waals surface area contributed by atoms with E-state index in [1.807, 2.05) is 0 Å². The molecule has 0 radical (unpaired) electrons. The van der Waals surface area contributed by atoms with Gasteiger partial charge in [-0.15, -0.1) is 0 Å². The molecule has 0 N–H and O–H groups in total. The number of ether oxygens (including phenoxy) is 1. The van der Waals surface area contributed by atoms with Crippen LogP contribution in [-0.2, 0) is 9.53 Å². The topological polar surface area (TPSA) is 26.3 Å². The molecule has 1 aliphatic carbocycles. The molecule has 0 atom stereocenters. The van der Waals surface area contributed by atoms with Crippen molar-refractivity contribution < 1.29 is 9.53 Å². The first-order chi connectivity index (χ1) is 13.3. The van der Waals surface area contributed by atoms with Crippen LogP contribution in [0.1, 0.15) is 135 Å². The molecule has 0 aromatic carbocycles. The van der Waals surface area contributed by atoms with Crippen LogP contribution in [0.4, 0.5) is 0 Å². The van der Waals surface area contributed by atoms with E-state index < -0.39 is 0 Å². The maximum atomic E-state index is 11.9. The van der Waals surface area contributed by atoms with Gasteiger partial charge in [0.25, 0.3) is 0 Å². The molecule has 1 rings (SSSR count). The molecule has 2 heteroatoms. The molecule has 0 aromatic rings. The van der Waals surface area contributed by atoms with Crippen LogP contribution in [0, 0.1) is 0 Å². The Morgan fingerprint density at radius 2 is 1.22 bits per heavy atom. The van der Waals surface area contributed by atoms with Gasteiger partial charge in [-0.1, -0.05) is 109 Å². The summed E-state index contributed by atoms with van der Waals surface area (Å²) in [6.07, 6.45) is 28.3. The fraction of sp³-hybridized carbons (Fsp3) is 0.880. The molecule has 0 aliphatic heterocycles. The molecule has 1 aliphatic rings. The molecule has 0 saturated carbocycles. The van der Waals surface area contributed by atoms with Gasteiger partial charge in [0.15, 0.2) is 0 Å². The van der Waals surface area contributed by atoms with Gasteiger partial charge in [0, 0.05) is 5.57 Å². The molecule has 0 aromatic heterocycles. The molecular weight excluding hydrogens is 332 g/mol. The van der Waals surface area contributed by atoms with Crippen molar-refractivity contribution in [3.05, 3.63) is 11.6 Å². The standard InChI is InChI=1S/C25H46O2/c1-2-3-4-5-6-7-8-9-10-11-12-13-14-15-16-20-23-27-25(26)24-21-18-17-19-22-24/h21H,2-20,22-23H2,1H3. The van der Waals surface area contributed by atoms with Crippen LogP contribution in [0.3, 0.4) is 0 Å². The van der Waals surface area contributed by atoms with Gasteiger partial charge in [0.2, 0.25) is 0 Å². The van der Waals surface area contributed by atoms with Crippen LogP contribution in [0.5, 0.6) is 0 Å². The first-order valence-corrected chi connectivity index (χ1v) is 12.2. The first kappa shape index (κ1) is 24.2. The second kappa shape index (κ2) is 18.6. The molecule has 0 heterocycles. The average molecular weight is 379 g/mol. The molecular formula is C25H46O2. The third-order valence-corrected chi connectivity index (χ3v) is 5.78. The van der Waals surface area contributed by atoms with E-state index in [-0.39, 0.29) is 5.97 Å². The fourth-order valence-electron chi connectivity index (χ4n) is 3.93. The van der Waals surface area contributed by atoms with Crippen LogP contribution in [0.25, 0.3) is 0 Å². The Bertz CT molecular complexity index is 373. The first-order valence-electron chi connectivity index (χ1n) is 12.2. The highest BCUT2D eigenvalue weighted by Crippen LogP contribution is 2.18. The smallest absolute Gasteiger partial charge is 0.333 e. The van der Waals surface area contributed by atoms with E-state index in [2.05, 4.69) is 13.0 Å². The molecule has 27 heavy (non-hydrogen) atoms. The Balaban J connectivity index is 1.73. The monoisotopic (exact) mass is 378 g/mol. The summed E-state index contributed by atoms with van der Waals surface area (Å²) in [6, 6.07) is 0. The van der Waals surface area contributed by atoms with Gasteiger partial charge in [-0.2, -0.15) is 0 Å². The molecule has 0 saturated heterocycles. The van der Waals surface area contributed by atoms with Gasteiger partial charge in [-0.05, 0) is 32.1 Å². The minimum atomic E-state index is -0.0596. The zero-order valence-corrected chi connectivity index (χ0v) is 18.2. The van der Waals surface area contributed by atoms with Gasteiger partial charge in [0.1, 0.15) is 0 Å². The fourth-order valence-corrected chi connectivity index (χ4v) is 3.93. The molecule has 158 valence electrons. The van der Waals surface area contributed by atoms with Crippen molar-refractivity contribution >= 4 is 5.97 Å². The van der Waals surface area contributed by atoms with Crippen LogP contribution in [0.15, 0.2) is 11.6 Å². The van der Waals surface area contributed by atoms with Crippen molar-refractivity contribution in [3.8, 4) is 0 Å². The van der Waals surface area contributed by atoms with E-state index in [0.29, 0.717) is 6.61 Å². The summed E-state index contributed by atoms with van der Waals surface area (Å²) in [6.45, 7) is 2.89. The molecule has 0 spiro atoms. The second-order valence-electron chi connectivity index (χ2n) is 8.41. The predicted molar refractivity (Wildman–Crippen MR) is 117 cm³/mol. The van der Waals surface area contributed by atoms with Crippen molar-refractivity contribution in [1.29, 1.82) is 0 Å². The van der Waals surface area contributed by atoms with E-state index in [9.17, 15) is 4.79 Å². The summed E-state index contributed by atoms with van der Waals surface area (Å²) >= 11 is 0.